The van der Waals surface area contributed by atoms with Gasteiger partial charge in [-0.15, -0.1) is 11.3 Å². The lowest BCUT2D eigenvalue weighted by Gasteiger charge is -2.12. The van der Waals surface area contributed by atoms with Crippen LogP contribution < -0.4 is 14.3 Å². The minimum absolute atomic E-state index is 0.0778. The molecule has 0 saturated carbocycles. The summed E-state index contributed by atoms with van der Waals surface area (Å²) in [7, 11) is -3.99. The average molecular weight is 508 g/mol. The Bertz CT molecular complexity index is 1430. The van der Waals surface area contributed by atoms with Gasteiger partial charge in [0.2, 0.25) is 5.13 Å². The van der Waals surface area contributed by atoms with E-state index in [1.165, 1.54) is 23.5 Å². The van der Waals surface area contributed by atoms with Crippen LogP contribution in [0.25, 0.3) is 11.3 Å². The monoisotopic (exact) mass is 507 g/mol. The lowest BCUT2D eigenvalue weighted by Crippen LogP contribution is -2.11. The van der Waals surface area contributed by atoms with Crippen molar-refractivity contribution in [1.82, 2.24) is 4.98 Å². The molecule has 0 aliphatic rings. The number of rotatable bonds is 9. The number of aromatic nitrogens is 1. The Kier molecular flexibility index (Phi) is 7.48. The van der Waals surface area contributed by atoms with Gasteiger partial charge in [-0.05, 0) is 56.7 Å². The van der Waals surface area contributed by atoms with Crippen LogP contribution in [0, 0.1) is 13.8 Å². The Morgan fingerprint density at radius 3 is 2.46 bits per heavy atom. The second-order valence-electron chi connectivity index (χ2n) is 7.65. The molecule has 0 unspecified atom stereocenters. The molecule has 35 heavy (non-hydrogen) atoms. The van der Waals surface area contributed by atoms with Gasteiger partial charge in [-0.1, -0.05) is 48.0 Å². The third kappa shape index (κ3) is 6.06. The van der Waals surface area contributed by atoms with E-state index in [4.69, 9.17) is 8.92 Å². The van der Waals surface area contributed by atoms with Gasteiger partial charge in [0, 0.05) is 10.4 Å². The molecule has 0 fully saturated rings. The molecule has 0 bridgehead atoms. The highest BCUT2D eigenvalue weighted by Crippen LogP contribution is 2.32. The van der Waals surface area contributed by atoms with Gasteiger partial charge in [0.25, 0.3) is 0 Å². The average Bonchev–Trinajstić information content (AvgIpc) is 3.22. The largest absolute Gasteiger partial charge is 0.490 e. The van der Waals surface area contributed by atoms with Crippen LogP contribution in [0.1, 0.15) is 22.9 Å². The van der Waals surface area contributed by atoms with E-state index in [0.29, 0.717) is 23.1 Å². The number of hydrogen-bond donors (Lipinski definition) is 1. The van der Waals surface area contributed by atoms with Crippen molar-refractivity contribution in [3.8, 4) is 22.8 Å². The van der Waals surface area contributed by atoms with E-state index in [1.54, 1.807) is 36.5 Å². The van der Waals surface area contributed by atoms with E-state index >= 15 is 0 Å². The molecule has 180 valence electrons. The molecule has 1 N–H and O–H groups in total. The highest BCUT2D eigenvalue weighted by molar-refractivity contribution is 7.87. The molecule has 0 saturated heterocycles. The molecule has 7 nitrogen and oxygen atoms in total. The topological polar surface area (TPSA) is 89.9 Å². The molecule has 0 spiro atoms. The molecule has 0 amide bonds. The van der Waals surface area contributed by atoms with Crippen molar-refractivity contribution in [2.24, 2.45) is 5.10 Å². The van der Waals surface area contributed by atoms with Crippen LogP contribution in [-0.4, -0.2) is 26.2 Å². The molecular weight excluding hydrogens is 482 g/mol. The summed E-state index contributed by atoms with van der Waals surface area (Å²) in [4.78, 5) is 5.79. The lowest BCUT2D eigenvalue weighted by molar-refractivity contribution is 0.327. The van der Waals surface area contributed by atoms with Crippen molar-refractivity contribution in [2.45, 2.75) is 25.7 Å². The molecule has 4 rings (SSSR count). The van der Waals surface area contributed by atoms with Crippen LogP contribution in [0.3, 0.4) is 0 Å². The molecule has 0 aliphatic heterocycles. The number of aryl methyl sites for hydroxylation is 2. The van der Waals surface area contributed by atoms with Gasteiger partial charge in [0.15, 0.2) is 11.5 Å². The van der Waals surface area contributed by atoms with Crippen molar-refractivity contribution < 1.29 is 17.3 Å². The van der Waals surface area contributed by atoms with Crippen LogP contribution in [-0.2, 0) is 10.1 Å². The zero-order chi connectivity index (χ0) is 24.8. The number of hydrogen-bond acceptors (Lipinski definition) is 8. The predicted molar refractivity (Wildman–Crippen MR) is 140 cm³/mol. The maximum atomic E-state index is 12.7. The number of nitrogens with one attached hydrogen (secondary N) is 1. The Morgan fingerprint density at radius 2 is 1.74 bits per heavy atom. The highest BCUT2D eigenvalue weighted by Gasteiger charge is 2.19. The number of thiazole rings is 1. The minimum Gasteiger partial charge on any atom is -0.490 e. The summed E-state index contributed by atoms with van der Waals surface area (Å²) in [6.45, 7) is 6.07. The standard InChI is InChI=1S/C26H25N3O4S2/c1-4-32-24-16-20(12-15-23(24)33-35(30,31)22-13-10-18(2)11-14-22)17-27-29-26-28-25(19(3)34-26)21-8-6-5-7-9-21/h5-17H,4H2,1-3H3,(H,28,29)/b27-17-. The third-order valence-corrected chi connectivity index (χ3v) is 7.12. The number of ether oxygens (including phenoxy) is 1. The van der Waals surface area contributed by atoms with E-state index in [1.807, 2.05) is 51.1 Å². The molecule has 3 aromatic carbocycles. The normalized spacial score (nSPS) is 11.5. The minimum atomic E-state index is -3.99. The van der Waals surface area contributed by atoms with Crippen LogP contribution in [0.4, 0.5) is 5.13 Å². The molecule has 0 atom stereocenters. The van der Waals surface area contributed by atoms with Gasteiger partial charge < -0.3 is 8.92 Å². The van der Waals surface area contributed by atoms with Crippen LogP contribution in [0.2, 0.25) is 0 Å². The Balaban J connectivity index is 1.49. The SMILES string of the molecule is CCOc1cc(/C=N\Nc2nc(-c3ccccc3)c(C)s2)ccc1OS(=O)(=O)c1ccc(C)cc1. The fraction of sp³-hybridized carbons (Fsp3) is 0.154. The summed E-state index contributed by atoms with van der Waals surface area (Å²) < 4.78 is 36.4. The Hall–Kier alpha value is -3.69. The number of benzene rings is 3. The van der Waals surface area contributed by atoms with Crippen molar-refractivity contribution in [3.05, 3.63) is 88.8 Å². The fourth-order valence-corrected chi connectivity index (χ4v) is 5.01. The highest BCUT2D eigenvalue weighted by atomic mass is 32.2. The molecule has 0 aliphatic carbocycles. The zero-order valence-corrected chi connectivity index (χ0v) is 21.2. The maximum Gasteiger partial charge on any atom is 0.339 e. The Labute approximate surface area is 209 Å². The van der Waals surface area contributed by atoms with E-state index in [9.17, 15) is 8.42 Å². The van der Waals surface area contributed by atoms with E-state index in [-0.39, 0.29) is 10.6 Å². The molecule has 9 heteroatoms. The summed E-state index contributed by atoms with van der Waals surface area (Å²) >= 11 is 1.52. The molecular formula is C26H25N3O4S2. The van der Waals surface area contributed by atoms with Crippen LogP contribution in [0.15, 0.2) is 82.8 Å². The van der Waals surface area contributed by atoms with Gasteiger partial charge >= 0.3 is 10.1 Å². The Morgan fingerprint density at radius 1 is 1.00 bits per heavy atom. The van der Waals surface area contributed by atoms with Gasteiger partial charge in [-0.25, -0.2) is 4.98 Å². The molecule has 4 aromatic rings. The third-order valence-electron chi connectivity index (χ3n) is 4.99. The first kappa shape index (κ1) is 24.4. The number of hydrazone groups is 1. The van der Waals surface area contributed by atoms with Crippen molar-refractivity contribution in [3.63, 3.8) is 0 Å². The number of nitrogens with zero attached hydrogens (tertiary/aromatic N) is 2. The lowest BCUT2D eigenvalue weighted by atomic mass is 10.1. The quantitative estimate of drug-likeness (QED) is 0.169. The molecule has 1 aromatic heterocycles. The van der Waals surface area contributed by atoms with Gasteiger partial charge in [-0.2, -0.15) is 13.5 Å². The summed E-state index contributed by atoms with van der Waals surface area (Å²) in [5.41, 5.74) is 6.60. The predicted octanol–water partition coefficient (Wildman–Crippen LogP) is 6.04. The van der Waals surface area contributed by atoms with Crippen molar-refractivity contribution in [2.75, 3.05) is 12.0 Å². The molecule has 1 heterocycles. The van der Waals surface area contributed by atoms with Crippen molar-refractivity contribution >= 4 is 32.8 Å². The fourth-order valence-electron chi connectivity index (χ4n) is 3.28. The van der Waals surface area contributed by atoms with E-state index in [0.717, 1.165) is 21.7 Å². The van der Waals surface area contributed by atoms with Crippen LogP contribution in [0.5, 0.6) is 11.5 Å². The first-order valence-corrected chi connectivity index (χ1v) is 13.2. The summed E-state index contributed by atoms with van der Waals surface area (Å²) in [5.74, 6) is 0.421. The number of anilines is 1. The second kappa shape index (κ2) is 10.7. The van der Waals surface area contributed by atoms with Crippen LogP contribution >= 0.6 is 11.3 Å². The van der Waals surface area contributed by atoms with Gasteiger partial charge in [0.1, 0.15) is 4.90 Å². The second-order valence-corrected chi connectivity index (χ2v) is 10.4. The first-order chi connectivity index (χ1) is 16.9. The van der Waals surface area contributed by atoms with E-state index < -0.39 is 10.1 Å². The van der Waals surface area contributed by atoms with Gasteiger partial charge in [-0.3, -0.25) is 5.43 Å². The summed E-state index contributed by atoms with van der Waals surface area (Å²) in [6, 6.07) is 21.4. The van der Waals surface area contributed by atoms with E-state index in [2.05, 4.69) is 15.5 Å². The molecule has 0 radical (unpaired) electrons. The smallest absolute Gasteiger partial charge is 0.339 e. The summed E-state index contributed by atoms with van der Waals surface area (Å²) in [5, 5.41) is 4.95. The summed E-state index contributed by atoms with van der Waals surface area (Å²) in [6.07, 6.45) is 1.61. The zero-order valence-electron chi connectivity index (χ0n) is 19.6. The first-order valence-electron chi connectivity index (χ1n) is 11.0. The van der Waals surface area contributed by atoms with Crippen molar-refractivity contribution in [1.29, 1.82) is 0 Å². The maximum absolute atomic E-state index is 12.7. The van der Waals surface area contributed by atoms with Gasteiger partial charge in [0.05, 0.1) is 18.5 Å².